The number of fused-ring (bicyclic) bond motifs is 1. The van der Waals surface area contributed by atoms with Crippen LogP contribution in [0.25, 0.3) is 10.6 Å². The topological polar surface area (TPSA) is 134 Å². The van der Waals surface area contributed by atoms with Crippen LogP contribution in [0.4, 0.5) is 24.8 Å². The Labute approximate surface area is 272 Å². The second-order valence-corrected chi connectivity index (χ2v) is 14.0. The van der Waals surface area contributed by atoms with Crippen molar-refractivity contribution in [2.75, 3.05) is 5.32 Å². The molecule has 242 valence electrons. The Morgan fingerprint density at radius 2 is 1.72 bits per heavy atom. The minimum absolute atomic E-state index is 0.0113. The number of hydrogen-bond donors (Lipinski definition) is 3. The van der Waals surface area contributed by atoms with Crippen LogP contribution in [0, 0.1) is 13.8 Å². The van der Waals surface area contributed by atoms with E-state index in [2.05, 4.69) is 25.0 Å². The zero-order valence-corrected chi connectivity index (χ0v) is 26.7. The number of halogens is 3. The molecule has 2 aromatic carbocycles. The van der Waals surface area contributed by atoms with Gasteiger partial charge in [0, 0.05) is 18.0 Å². The molecule has 9 nitrogen and oxygen atoms in total. The van der Waals surface area contributed by atoms with Crippen molar-refractivity contribution in [3.05, 3.63) is 118 Å². The van der Waals surface area contributed by atoms with Crippen LogP contribution in [0.1, 0.15) is 56.0 Å². The highest BCUT2D eigenvalue weighted by Crippen LogP contribution is 2.44. The van der Waals surface area contributed by atoms with Gasteiger partial charge in [0.25, 0.3) is 15.9 Å². The molecule has 0 spiro atoms. The van der Waals surface area contributed by atoms with E-state index in [1.165, 1.54) is 29.5 Å². The molecule has 1 amide bonds. The van der Waals surface area contributed by atoms with Crippen LogP contribution in [-0.4, -0.2) is 34.4 Å². The number of anilines is 2. The number of thiazole rings is 1. The molecule has 6 rings (SSSR count). The number of sulfonamides is 1. The summed E-state index contributed by atoms with van der Waals surface area (Å²) < 4.78 is 67.2. The summed E-state index contributed by atoms with van der Waals surface area (Å²) >= 11 is 1.23. The van der Waals surface area contributed by atoms with Gasteiger partial charge in [0.15, 0.2) is 0 Å². The van der Waals surface area contributed by atoms with Gasteiger partial charge >= 0.3 is 6.18 Å². The fourth-order valence-electron chi connectivity index (χ4n) is 5.44. The highest BCUT2D eigenvalue weighted by molar-refractivity contribution is 7.90. The lowest BCUT2D eigenvalue weighted by Crippen LogP contribution is -2.33. The summed E-state index contributed by atoms with van der Waals surface area (Å²) in [6.07, 6.45) is -0.333. The first-order valence-electron chi connectivity index (χ1n) is 14.5. The van der Waals surface area contributed by atoms with Gasteiger partial charge in [0.1, 0.15) is 22.2 Å². The van der Waals surface area contributed by atoms with E-state index in [9.17, 15) is 31.5 Å². The lowest BCUT2D eigenvalue weighted by atomic mass is 9.79. The zero-order chi connectivity index (χ0) is 33.6. The molecule has 3 aromatic heterocycles. The molecule has 1 atom stereocenters. The molecule has 3 heterocycles. The number of aryl methyl sites for hydroxylation is 3. The smallest absolute Gasteiger partial charge is 0.378 e. The second kappa shape index (κ2) is 12.2. The number of aromatic nitrogens is 3. The average Bonchev–Trinajstić information content (AvgIpc) is 3.52. The first kappa shape index (κ1) is 32.3. The molecule has 0 radical (unpaired) electrons. The minimum atomic E-state index is -4.52. The Hall–Kier alpha value is -4.66. The predicted molar refractivity (Wildman–Crippen MR) is 171 cm³/mol. The fourth-order valence-corrected chi connectivity index (χ4v) is 7.43. The zero-order valence-electron chi connectivity index (χ0n) is 25.1. The number of aliphatic hydroxyl groups is 1. The number of nitrogens with zero attached hydrogens (tertiary/aromatic N) is 3. The Bertz CT molecular complexity index is 2100. The molecule has 3 N–H and O–H groups in total. The van der Waals surface area contributed by atoms with Gasteiger partial charge in [-0.15, -0.1) is 11.3 Å². The SMILES string of the molecule is Cc1ccc(S(=O)(=O)NC(=O)c2ccc3c(c2)CCC[C@]3(O)c2ncc(-c3cc(C)cc(Nc4cc(C(F)(F)F)ccn4)n3)s2)cc1. The predicted octanol–water partition coefficient (Wildman–Crippen LogP) is 6.67. The Morgan fingerprint density at radius 1 is 0.957 bits per heavy atom. The normalized spacial score (nSPS) is 16.4. The molecule has 0 saturated heterocycles. The van der Waals surface area contributed by atoms with E-state index in [4.69, 9.17) is 0 Å². The van der Waals surface area contributed by atoms with Gasteiger partial charge in [-0.2, -0.15) is 13.2 Å². The molecule has 0 bridgehead atoms. The van der Waals surface area contributed by atoms with E-state index in [-0.39, 0.29) is 16.3 Å². The number of nitrogens with one attached hydrogen (secondary N) is 2. The summed E-state index contributed by atoms with van der Waals surface area (Å²) in [6.45, 7) is 3.65. The fraction of sp³-hybridized carbons (Fsp3) is 0.212. The third-order valence-electron chi connectivity index (χ3n) is 7.78. The van der Waals surface area contributed by atoms with Crippen LogP contribution in [0.5, 0.6) is 0 Å². The third kappa shape index (κ3) is 6.75. The molecular formula is C33H28F3N5O4S2. The van der Waals surface area contributed by atoms with Gasteiger partial charge in [-0.3, -0.25) is 4.79 Å². The standard InChI is InChI=1S/C33H28F3N5O4S2/c1-19-5-8-24(9-6-19)47(44,45)41-30(42)22-7-10-25-21(16-22)4-3-12-32(25,43)31-38-18-27(46-31)26-14-20(2)15-29(39-26)40-28-17-23(11-13-37-28)33(34,35)36/h5-11,13-18,43H,3-4,12H2,1-2H3,(H,41,42)(H,37,39,40)/t32-/m1/s1. The van der Waals surface area contributed by atoms with E-state index in [0.717, 1.165) is 29.5 Å². The third-order valence-corrected chi connectivity index (χ3v) is 10.3. The summed E-state index contributed by atoms with van der Waals surface area (Å²) in [5.41, 5.74) is 1.28. The van der Waals surface area contributed by atoms with Gasteiger partial charge < -0.3 is 10.4 Å². The van der Waals surface area contributed by atoms with Crippen molar-refractivity contribution in [2.24, 2.45) is 0 Å². The largest absolute Gasteiger partial charge is 0.416 e. The summed E-state index contributed by atoms with van der Waals surface area (Å²) in [6, 6.07) is 16.1. The summed E-state index contributed by atoms with van der Waals surface area (Å²) in [5, 5.41) is 15.2. The average molecular weight is 680 g/mol. The number of hydrogen-bond acceptors (Lipinski definition) is 9. The van der Waals surface area contributed by atoms with Gasteiger partial charge in [-0.1, -0.05) is 23.8 Å². The Kier molecular flexibility index (Phi) is 8.36. The van der Waals surface area contributed by atoms with E-state index in [1.807, 2.05) is 13.8 Å². The van der Waals surface area contributed by atoms with E-state index in [1.54, 1.807) is 42.6 Å². The molecule has 0 unspecified atom stereocenters. The number of benzene rings is 2. The lowest BCUT2D eigenvalue weighted by Gasteiger charge is -2.33. The highest BCUT2D eigenvalue weighted by atomic mass is 32.2. The van der Waals surface area contributed by atoms with Crippen molar-refractivity contribution in [3.8, 4) is 10.6 Å². The Balaban J connectivity index is 1.24. The summed E-state index contributed by atoms with van der Waals surface area (Å²) in [5.74, 6) is -0.504. The van der Waals surface area contributed by atoms with Crippen molar-refractivity contribution in [1.82, 2.24) is 19.7 Å². The van der Waals surface area contributed by atoms with Crippen molar-refractivity contribution in [2.45, 2.75) is 49.8 Å². The van der Waals surface area contributed by atoms with Gasteiger partial charge in [0.2, 0.25) is 0 Å². The van der Waals surface area contributed by atoms with Crippen molar-refractivity contribution < 1.29 is 31.5 Å². The number of pyridine rings is 2. The van der Waals surface area contributed by atoms with Gasteiger partial charge in [-0.05, 0) is 98.3 Å². The quantitative estimate of drug-likeness (QED) is 0.174. The first-order chi connectivity index (χ1) is 22.2. The van der Waals surface area contributed by atoms with E-state index in [0.29, 0.717) is 51.8 Å². The number of carbonyl (C=O) groups excluding carboxylic acids is 1. The van der Waals surface area contributed by atoms with E-state index >= 15 is 0 Å². The van der Waals surface area contributed by atoms with E-state index < -0.39 is 33.3 Å². The van der Waals surface area contributed by atoms with Gasteiger partial charge in [0.05, 0.1) is 21.0 Å². The van der Waals surface area contributed by atoms with Crippen molar-refractivity contribution >= 4 is 38.9 Å². The lowest BCUT2D eigenvalue weighted by molar-refractivity contribution is -0.137. The summed E-state index contributed by atoms with van der Waals surface area (Å²) in [7, 11) is -4.08. The molecule has 1 aliphatic rings. The van der Waals surface area contributed by atoms with Crippen LogP contribution in [0.15, 0.2) is 84.0 Å². The second-order valence-electron chi connectivity index (χ2n) is 11.3. The Morgan fingerprint density at radius 3 is 2.47 bits per heavy atom. The maximum absolute atomic E-state index is 13.2. The van der Waals surface area contributed by atoms with Crippen LogP contribution >= 0.6 is 11.3 Å². The van der Waals surface area contributed by atoms with Crippen molar-refractivity contribution in [3.63, 3.8) is 0 Å². The molecule has 47 heavy (non-hydrogen) atoms. The molecule has 0 saturated carbocycles. The van der Waals surface area contributed by atoms with Crippen LogP contribution in [0.3, 0.4) is 0 Å². The molecule has 0 fully saturated rings. The monoisotopic (exact) mass is 679 g/mol. The molecular weight excluding hydrogens is 652 g/mol. The van der Waals surface area contributed by atoms with Crippen LogP contribution < -0.4 is 10.0 Å². The number of alkyl halides is 3. The molecule has 5 aromatic rings. The maximum atomic E-state index is 13.2. The van der Waals surface area contributed by atoms with Gasteiger partial charge in [-0.25, -0.2) is 28.1 Å². The molecule has 14 heteroatoms. The molecule has 0 aliphatic heterocycles. The van der Waals surface area contributed by atoms with Crippen molar-refractivity contribution in [1.29, 1.82) is 0 Å². The molecule has 1 aliphatic carbocycles. The van der Waals surface area contributed by atoms with Crippen LogP contribution in [-0.2, 0) is 28.2 Å². The minimum Gasteiger partial charge on any atom is -0.378 e. The first-order valence-corrected chi connectivity index (χ1v) is 16.8. The number of amides is 1. The highest BCUT2D eigenvalue weighted by Gasteiger charge is 2.39. The number of carbonyl (C=O) groups is 1. The number of rotatable bonds is 7. The maximum Gasteiger partial charge on any atom is 0.416 e. The summed E-state index contributed by atoms with van der Waals surface area (Å²) in [4.78, 5) is 26.7. The van der Waals surface area contributed by atoms with Crippen LogP contribution in [0.2, 0.25) is 0 Å².